The average Bonchev–Trinajstić information content (AvgIpc) is 2.96. The predicted octanol–water partition coefficient (Wildman–Crippen LogP) is 4.28. The van der Waals surface area contributed by atoms with Gasteiger partial charge in [-0.1, -0.05) is 12.1 Å². The fourth-order valence-electron chi connectivity index (χ4n) is 2.14. The second kappa shape index (κ2) is 8.31. The van der Waals surface area contributed by atoms with Crippen molar-refractivity contribution in [2.75, 3.05) is 11.9 Å². The lowest BCUT2D eigenvalue weighted by Gasteiger charge is -2.19. The molecule has 0 radical (unpaired) electrons. The third-order valence-corrected chi connectivity index (χ3v) is 4.33. The maximum Gasteiger partial charge on any atom is 0.407 e. The number of anilines is 1. The summed E-state index contributed by atoms with van der Waals surface area (Å²) < 4.78 is 5.12. The van der Waals surface area contributed by atoms with Gasteiger partial charge in [0.25, 0.3) is 0 Å². The number of aryl methyl sites for hydroxylation is 2. The van der Waals surface area contributed by atoms with Crippen LogP contribution in [0.3, 0.4) is 0 Å². The number of nitrogens with one attached hydrogen (secondary N) is 2. The van der Waals surface area contributed by atoms with Crippen LogP contribution in [0.15, 0.2) is 23.6 Å². The van der Waals surface area contributed by atoms with E-state index in [1.54, 1.807) is 20.8 Å². The van der Waals surface area contributed by atoms with Crippen molar-refractivity contribution >= 4 is 28.5 Å². The van der Waals surface area contributed by atoms with Gasteiger partial charge in [0.15, 0.2) is 5.13 Å². The van der Waals surface area contributed by atoms with Crippen LogP contribution in [-0.4, -0.2) is 29.1 Å². The minimum absolute atomic E-state index is 0.151. The molecule has 26 heavy (non-hydrogen) atoms. The quantitative estimate of drug-likeness (QED) is 0.817. The molecule has 0 aliphatic rings. The number of carbonyl (C=O) groups excluding carboxylic acids is 2. The number of carbonyl (C=O) groups is 2. The highest BCUT2D eigenvalue weighted by atomic mass is 32.1. The molecule has 7 heteroatoms. The molecule has 2 aromatic rings. The Hall–Kier alpha value is -2.41. The number of benzene rings is 1. The zero-order valence-corrected chi connectivity index (χ0v) is 16.6. The second-order valence-corrected chi connectivity index (χ2v) is 7.92. The summed E-state index contributed by atoms with van der Waals surface area (Å²) in [4.78, 5) is 28.0. The van der Waals surface area contributed by atoms with Gasteiger partial charge in [0.2, 0.25) is 5.91 Å². The number of aromatic nitrogens is 1. The molecule has 0 fully saturated rings. The maximum absolute atomic E-state index is 12.0. The highest BCUT2D eigenvalue weighted by Crippen LogP contribution is 2.26. The molecule has 2 amide bonds. The number of thiazole rings is 1. The number of nitrogens with zero attached hydrogens (tertiary/aromatic N) is 1. The molecule has 140 valence electrons. The zero-order chi connectivity index (χ0) is 19.3. The van der Waals surface area contributed by atoms with Crippen LogP contribution >= 0.6 is 11.3 Å². The van der Waals surface area contributed by atoms with Crippen LogP contribution in [0.25, 0.3) is 11.3 Å². The first-order chi connectivity index (χ1) is 12.1. The highest BCUT2D eigenvalue weighted by molar-refractivity contribution is 7.14. The molecule has 0 atom stereocenters. The summed E-state index contributed by atoms with van der Waals surface area (Å²) in [5.41, 5.74) is 3.74. The number of alkyl carbamates (subject to hydrolysis) is 1. The summed E-state index contributed by atoms with van der Waals surface area (Å²) >= 11 is 1.38. The van der Waals surface area contributed by atoms with E-state index in [0.29, 0.717) is 5.13 Å². The summed E-state index contributed by atoms with van der Waals surface area (Å²) in [6.07, 6.45) is -0.380. The minimum Gasteiger partial charge on any atom is -0.444 e. The molecule has 0 spiro atoms. The molecular formula is C19H25N3O3S. The summed E-state index contributed by atoms with van der Waals surface area (Å²) in [6.45, 7) is 9.69. The molecular weight excluding hydrogens is 350 g/mol. The molecule has 0 bridgehead atoms. The first-order valence-corrected chi connectivity index (χ1v) is 9.32. The smallest absolute Gasteiger partial charge is 0.407 e. The van der Waals surface area contributed by atoms with Crippen molar-refractivity contribution in [2.24, 2.45) is 0 Å². The molecule has 0 saturated carbocycles. The molecule has 0 aliphatic heterocycles. The van der Waals surface area contributed by atoms with Gasteiger partial charge in [0.1, 0.15) is 5.60 Å². The van der Waals surface area contributed by atoms with Crippen LogP contribution in [0.1, 0.15) is 38.3 Å². The Morgan fingerprint density at radius 2 is 1.92 bits per heavy atom. The van der Waals surface area contributed by atoms with E-state index in [-0.39, 0.29) is 18.9 Å². The van der Waals surface area contributed by atoms with Gasteiger partial charge in [-0.3, -0.25) is 4.79 Å². The number of hydrogen-bond donors (Lipinski definition) is 2. The third kappa shape index (κ3) is 6.15. The average molecular weight is 375 g/mol. The normalized spacial score (nSPS) is 11.1. The van der Waals surface area contributed by atoms with Crippen LogP contribution in [0.4, 0.5) is 9.93 Å². The van der Waals surface area contributed by atoms with Gasteiger partial charge in [-0.25, -0.2) is 9.78 Å². The van der Waals surface area contributed by atoms with Gasteiger partial charge in [0.05, 0.1) is 5.69 Å². The molecule has 0 aliphatic carbocycles. The van der Waals surface area contributed by atoms with Crippen LogP contribution in [0.2, 0.25) is 0 Å². The Morgan fingerprint density at radius 1 is 1.19 bits per heavy atom. The van der Waals surface area contributed by atoms with Crippen LogP contribution in [0.5, 0.6) is 0 Å². The Kier molecular flexibility index (Phi) is 6.37. The van der Waals surface area contributed by atoms with Crippen LogP contribution in [0, 0.1) is 13.8 Å². The van der Waals surface area contributed by atoms with Gasteiger partial charge >= 0.3 is 6.09 Å². The molecule has 2 N–H and O–H groups in total. The standard InChI is InChI=1S/C19H25N3O3S/c1-12-6-7-14(10-13(12)2)15-11-26-17(21-15)22-16(23)8-9-20-18(24)25-19(3,4)5/h6-7,10-11H,8-9H2,1-5H3,(H,20,24)(H,21,22,23). The van der Waals surface area contributed by atoms with E-state index in [1.807, 2.05) is 11.4 Å². The number of rotatable bonds is 5. The first kappa shape index (κ1) is 19.9. The highest BCUT2D eigenvalue weighted by Gasteiger charge is 2.16. The number of amides is 2. The van der Waals surface area contributed by atoms with E-state index in [9.17, 15) is 9.59 Å². The molecule has 2 rings (SSSR count). The van der Waals surface area contributed by atoms with Gasteiger partial charge < -0.3 is 15.4 Å². The topological polar surface area (TPSA) is 80.3 Å². The van der Waals surface area contributed by atoms with E-state index in [1.165, 1.54) is 22.5 Å². The van der Waals surface area contributed by atoms with Gasteiger partial charge in [-0.15, -0.1) is 11.3 Å². The van der Waals surface area contributed by atoms with Gasteiger partial charge in [0, 0.05) is 23.9 Å². The van der Waals surface area contributed by atoms with Crippen molar-refractivity contribution in [2.45, 2.75) is 46.6 Å². The lowest BCUT2D eigenvalue weighted by atomic mass is 10.1. The van der Waals surface area contributed by atoms with Crippen LogP contribution < -0.4 is 10.6 Å². The molecule has 1 aromatic heterocycles. The fourth-order valence-corrected chi connectivity index (χ4v) is 2.87. The maximum atomic E-state index is 12.0. The Balaban J connectivity index is 1.84. The van der Waals surface area contributed by atoms with Crippen molar-refractivity contribution < 1.29 is 14.3 Å². The van der Waals surface area contributed by atoms with E-state index in [2.05, 4.69) is 41.6 Å². The van der Waals surface area contributed by atoms with Crippen LogP contribution in [-0.2, 0) is 9.53 Å². The molecule has 0 saturated heterocycles. The number of hydrogen-bond acceptors (Lipinski definition) is 5. The summed E-state index contributed by atoms with van der Waals surface area (Å²) in [6, 6.07) is 6.17. The third-order valence-electron chi connectivity index (χ3n) is 3.57. The first-order valence-electron chi connectivity index (χ1n) is 8.44. The predicted molar refractivity (Wildman–Crippen MR) is 105 cm³/mol. The van der Waals surface area contributed by atoms with E-state index < -0.39 is 11.7 Å². The van der Waals surface area contributed by atoms with Crippen molar-refractivity contribution in [3.63, 3.8) is 0 Å². The summed E-state index contributed by atoms with van der Waals surface area (Å²) in [5.74, 6) is -0.206. The molecule has 1 heterocycles. The lowest BCUT2D eigenvalue weighted by Crippen LogP contribution is -2.34. The Morgan fingerprint density at radius 3 is 2.58 bits per heavy atom. The van der Waals surface area contributed by atoms with E-state index in [0.717, 1.165) is 11.3 Å². The monoisotopic (exact) mass is 375 g/mol. The largest absolute Gasteiger partial charge is 0.444 e. The van der Waals surface area contributed by atoms with E-state index >= 15 is 0 Å². The van der Waals surface area contributed by atoms with Gasteiger partial charge in [-0.05, 0) is 51.8 Å². The fraction of sp³-hybridized carbons (Fsp3) is 0.421. The lowest BCUT2D eigenvalue weighted by molar-refractivity contribution is -0.116. The summed E-state index contributed by atoms with van der Waals surface area (Å²) in [5, 5.41) is 7.77. The van der Waals surface area contributed by atoms with E-state index in [4.69, 9.17) is 4.74 Å². The number of ether oxygens (including phenoxy) is 1. The molecule has 0 unspecified atom stereocenters. The molecule has 1 aromatic carbocycles. The molecule has 6 nitrogen and oxygen atoms in total. The second-order valence-electron chi connectivity index (χ2n) is 7.06. The van der Waals surface area contributed by atoms with Crippen molar-refractivity contribution in [3.8, 4) is 11.3 Å². The zero-order valence-electron chi connectivity index (χ0n) is 15.8. The Bertz CT molecular complexity index is 794. The Labute approximate surface area is 158 Å². The van der Waals surface area contributed by atoms with Gasteiger partial charge in [-0.2, -0.15) is 0 Å². The SMILES string of the molecule is Cc1ccc(-c2csc(NC(=O)CCNC(=O)OC(C)(C)C)n2)cc1C. The summed E-state index contributed by atoms with van der Waals surface area (Å²) in [7, 11) is 0. The van der Waals surface area contributed by atoms with Crippen molar-refractivity contribution in [3.05, 3.63) is 34.7 Å². The van der Waals surface area contributed by atoms with Crippen molar-refractivity contribution in [1.82, 2.24) is 10.3 Å². The minimum atomic E-state index is -0.558. The van der Waals surface area contributed by atoms with Crippen molar-refractivity contribution in [1.29, 1.82) is 0 Å².